The number of para-hydroxylation sites is 1. The quantitative estimate of drug-likeness (QED) is 0.879. The van der Waals surface area contributed by atoms with Crippen LogP contribution in [-0.2, 0) is 6.42 Å². The zero-order valence-electron chi connectivity index (χ0n) is 11.9. The molecular weight excluding hydrogens is 307 g/mol. The second kappa shape index (κ2) is 5.53. The highest BCUT2D eigenvalue weighted by atomic mass is 19.4. The Labute approximate surface area is 130 Å². The standard InChI is InChI=1S/C17H12F3NO2/c18-17(19,20)9-10-5-1-4-8-13(10)21-14-15(22)11-6-2-3-7-12(11)16(14)23/h1-8,14,21H,9H2. The van der Waals surface area contributed by atoms with Crippen LogP contribution in [0, 0.1) is 0 Å². The molecule has 0 fully saturated rings. The maximum absolute atomic E-state index is 12.6. The number of carbonyl (C=O) groups excluding carboxylic acids is 2. The number of nitrogens with one attached hydrogen (secondary N) is 1. The lowest BCUT2D eigenvalue weighted by Crippen LogP contribution is -2.32. The Morgan fingerprint density at radius 3 is 1.96 bits per heavy atom. The topological polar surface area (TPSA) is 46.2 Å². The molecule has 1 aliphatic rings. The normalized spacial score (nSPS) is 14.9. The third-order valence-electron chi connectivity index (χ3n) is 3.69. The van der Waals surface area contributed by atoms with Gasteiger partial charge in [0.15, 0.2) is 17.6 Å². The van der Waals surface area contributed by atoms with Gasteiger partial charge < -0.3 is 5.32 Å². The number of fused-ring (bicyclic) bond motifs is 1. The van der Waals surface area contributed by atoms with Crippen molar-refractivity contribution in [3.05, 3.63) is 65.2 Å². The van der Waals surface area contributed by atoms with E-state index < -0.39 is 30.2 Å². The molecule has 2 aromatic carbocycles. The summed E-state index contributed by atoms with van der Waals surface area (Å²) in [6.07, 6.45) is -5.50. The maximum atomic E-state index is 12.6. The molecule has 118 valence electrons. The van der Waals surface area contributed by atoms with Crippen molar-refractivity contribution in [2.45, 2.75) is 18.6 Å². The minimum Gasteiger partial charge on any atom is -0.368 e. The molecule has 0 spiro atoms. The molecule has 0 aliphatic heterocycles. The first-order valence-electron chi connectivity index (χ1n) is 6.95. The lowest BCUT2D eigenvalue weighted by molar-refractivity contribution is -0.127. The summed E-state index contributed by atoms with van der Waals surface area (Å²) in [6, 6.07) is 11.0. The summed E-state index contributed by atoms with van der Waals surface area (Å²) in [5.41, 5.74) is 0.729. The molecule has 0 heterocycles. The summed E-state index contributed by atoms with van der Waals surface area (Å²) in [5, 5.41) is 2.68. The number of ketones is 2. The number of benzene rings is 2. The summed E-state index contributed by atoms with van der Waals surface area (Å²) in [5.74, 6) is -0.847. The zero-order chi connectivity index (χ0) is 16.6. The van der Waals surface area contributed by atoms with Crippen LogP contribution in [0.3, 0.4) is 0 Å². The monoisotopic (exact) mass is 319 g/mol. The third-order valence-corrected chi connectivity index (χ3v) is 3.69. The van der Waals surface area contributed by atoms with Gasteiger partial charge in [0.25, 0.3) is 0 Å². The van der Waals surface area contributed by atoms with Gasteiger partial charge >= 0.3 is 6.18 Å². The molecule has 6 heteroatoms. The van der Waals surface area contributed by atoms with Crippen LogP contribution in [0.15, 0.2) is 48.5 Å². The van der Waals surface area contributed by atoms with Crippen LogP contribution >= 0.6 is 0 Å². The van der Waals surface area contributed by atoms with E-state index in [1.807, 2.05) is 0 Å². The Bertz CT molecular complexity index is 748. The van der Waals surface area contributed by atoms with Crippen molar-refractivity contribution < 1.29 is 22.8 Å². The highest BCUT2D eigenvalue weighted by molar-refractivity contribution is 6.30. The molecule has 2 aromatic rings. The molecule has 0 saturated carbocycles. The van der Waals surface area contributed by atoms with Crippen LogP contribution in [0.4, 0.5) is 18.9 Å². The fourth-order valence-corrected chi connectivity index (χ4v) is 2.66. The van der Waals surface area contributed by atoms with E-state index >= 15 is 0 Å². The van der Waals surface area contributed by atoms with E-state index in [0.717, 1.165) is 0 Å². The Morgan fingerprint density at radius 1 is 0.870 bits per heavy atom. The first kappa shape index (κ1) is 15.3. The highest BCUT2D eigenvalue weighted by Gasteiger charge is 2.39. The number of hydrogen-bond acceptors (Lipinski definition) is 3. The van der Waals surface area contributed by atoms with Gasteiger partial charge in [-0.05, 0) is 11.6 Å². The fourth-order valence-electron chi connectivity index (χ4n) is 2.66. The van der Waals surface area contributed by atoms with Crippen molar-refractivity contribution in [2.24, 2.45) is 0 Å². The van der Waals surface area contributed by atoms with E-state index in [-0.39, 0.29) is 11.3 Å². The van der Waals surface area contributed by atoms with E-state index in [9.17, 15) is 22.8 Å². The van der Waals surface area contributed by atoms with Crippen molar-refractivity contribution in [3.63, 3.8) is 0 Å². The second-order valence-corrected chi connectivity index (χ2v) is 5.30. The summed E-state index contributed by atoms with van der Waals surface area (Å²) in [4.78, 5) is 24.6. The van der Waals surface area contributed by atoms with E-state index in [2.05, 4.69) is 5.32 Å². The number of anilines is 1. The van der Waals surface area contributed by atoms with E-state index in [1.165, 1.54) is 18.2 Å². The summed E-state index contributed by atoms with van der Waals surface area (Å²) < 4.78 is 37.9. The largest absolute Gasteiger partial charge is 0.393 e. The highest BCUT2D eigenvalue weighted by Crippen LogP contribution is 2.29. The Hall–Kier alpha value is -2.63. The first-order chi connectivity index (χ1) is 10.9. The van der Waals surface area contributed by atoms with Gasteiger partial charge in [0.2, 0.25) is 0 Å². The number of Topliss-reactive ketones (excluding diaryl/α,β-unsaturated/α-hetero) is 2. The molecular formula is C17H12F3NO2. The number of rotatable bonds is 3. The third kappa shape index (κ3) is 2.97. The first-order valence-corrected chi connectivity index (χ1v) is 6.95. The van der Waals surface area contributed by atoms with Gasteiger partial charge in [0, 0.05) is 16.8 Å². The molecule has 0 saturated heterocycles. The van der Waals surface area contributed by atoms with Crippen molar-refractivity contribution >= 4 is 17.3 Å². The van der Waals surface area contributed by atoms with Gasteiger partial charge in [-0.15, -0.1) is 0 Å². The number of alkyl halides is 3. The molecule has 3 nitrogen and oxygen atoms in total. The minimum absolute atomic E-state index is 0.00319. The minimum atomic E-state index is -4.37. The van der Waals surface area contributed by atoms with Crippen molar-refractivity contribution in [2.75, 3.05) is 5.32 Å². The molecule has 0 radical (unpaired) electrons. The lowest BCUT2D eigenvalue weighted by atomic mass is 10.1. The van der Waals surface area contributed by atoms with Gasteiger partial charge in [-0.1, -0.05) is 42.5 Å². The van der Waals surface area contributed by atoms with E-state index in [4.69, 9.17) is 0 Å². The summed E-state index contributed by atoms with van der Waals surface area (Å²) in [6.45, 7) is 0. The van der Waals surface area contributed by atoms with Gasteiger partial charge in [-0.2, -0.15) is 13.2 Å². The van der Waals surface area contributed by atoms with Gasteiger partial charge in [-0.3, -0.25) is 9.59 Å². The molecule has 0 aromatic heterocycles. The predicted octanol–water partition coefficient (Wildman–Crippen LogP) is 3.65. The smallest absolute Gasteiger partial charge is 0.368 e. The zero-order valence-corrected chi connectivity index (χ0v) is 11.9. The van der Waals surface area contributed by atoms with E-state index in [0.29, 0.717) is 11.1 Å². The Morgan fingerprint density at radius 2 is 1.39 bits per heavy atom. The molecule has 1 aliphatic carbocycles. The fraction of sp³-hybridized carbons (Fsp3) is 0.176. The van der Waals surface area contributed by atoms with Crippen molar-refractivity contribution in [1.82, 2.24) is 0 Å². The van der Waals surface area contributed by atoms with Crippen molar-refractivity contribution in [1.29, 1.82) is 0 Å². The van der Waals surface area contributed by atoms with E-state index in [1.54, 1.807) is 30.3 Å². The van der Waals surface area contributed by atoms with Crippen LogP contribution in [-0.4, -0.2) is 23.8 Å². The maximum Gasteiger partial charge on any atom is 0.393 e. The molecule has 1 N–H and O–H groups in total. The SMILES string of the molecule is O=C1c2ccccc2C(=O)C1Nc1ccccc1CC(F)(F)F. The predicted molar refractivity (Wildman–Crippen MR) is 78.7 cm³/mol. The second-order valence-electron chi connectivity index (χ2n) is 5.30. The van der Waals surface area contributed by atoms with Gasteiger partial charge in [-0.25, -0.2) is 0 Å². The number of halogens is 3. The van der Waals surface area contributed by atoms with Crippen LogP contribution in [0.2, 0.25) is 0 Å². The molecule has 0 amide bonds. The number of hydrogen-bond donors (Lipinski definition) is 1. The van der Waals surface area contributed by atoms with Crippen LogP contribution in [0.5, 0.6) is 0 Å². The Kier molecular flexibility index (Phi) is 3.67. The molecule has 23 heavy (non-hydrogen) atoms. The average molecular weight is 319 g/mol. The molecule has 3 rings (SSSR count). The summed E-state index contributed by atoms with van der Waals surface area (Å²) in [7, 11) is 0. The van der Waals surface area contributed by atoms with Gasteiger partial charge in [0.1, 0.15) is 0 Å². The van der Waals surface area contributed by atoms with Gasteiger partial charge in [0.05, 0.1) is 6.42 Å². The van der Waals surface area contributed by atoms with Crippen LogP contribution in [0.25, 0.3) is 0 Å². The summed E-state index contributed by atoms with van der Waals surface area (Å²) >= 11 is 0. The molecule has 0 atom stereocenters. The average Bonchev–Trinajstić information content (AvgIpc) is 2.73. The molecule has 0 unspecified atom stereocenters. The number of carbonyl (C=O) groups is 2. The molecule has 0 bridgehead atoms. The Balaban J connectivity index is 1.90. The van der Waals surface area contributed by atoms with Crippen LogP contribution in [0.1, 0.15) is 26.3 Å². The van der Waals surface area contributed by atoms with Crippen LogP contribution < -0.4 is 5.32 Å². The van der Waals surface area contributed by atoms with Crippen molar-refractivity contribution in [3.8, 4) is 0 Å². The lowest BCUT2D eigenvalue weighted by Gasteiger charge is -2.16.